The summed E-state index contributed by atoms with van der Waals surface area (Å²) in [5.74, 6) is -4.49. The fourth-order valence-electron chi connectivity index (χ4n) is 10.6. The maximum atomic E-state index is 13.9. The van der Waals surface area contributed by atoms with Crippen LogP contribution >= 0.6 is 11.6 Å². The molecule has 10 rings (SSSR count). The summed E-state index contributed by atoms with van der Waals surface area (Å²) in [7, 11) is 0. The lowest BCUT2D eigenvalue weighted by atomic mass is 9.80. The van der Waals surface area contributed by atoms with Gasteiger partial charge >= 0.3 is 5.97 Å². The van der Waals surface area contributed by atoms with E-state index < -0.39 is 69.9 Å². The highest BCUT2D eigenvalue weighted by molar-refractivity contribution is 6.63. The Morgan fingerprint density at radius 3 is 1.31 bits per heavy atom. The Morgan fingerprint density at radius 2 is 0.947 bits per heavy atom. The second kappa shape index (κ2) is 23.0. The predicted octanol–water partition coefficient (Wildman–Crippen LogP) is 9.48. The number of rotatable bonds is 11. The minimum Gasteiger partial charge on any atom is -0.502 e. The number of aromatic hydroxyl groups is 1. The number of carbonyl (C=O) groups is 4. The van der Waals surface area contributed by atoms with Crippen LogP contribution < -0.4 is 15.6 Å². The van der Waals surface area contributed by atoms with E-state index in [0.717, 1.165) is 47.5 Å². The number of amides is 2. The summed E-state index contributed by atoms with van der Waals surface area (Å²) in [6.45, 7) is 8.59. The molecule has 19 heteroatoms. The molecule has 2 aromatic heterocycles. The molecule has 4 aliphatic heterocycles. The molecule has 1 N–H and O–H groups in total. The van der Waals surface area contributed by atoms with E-state index in [2.05, 4.69) is 10.2 Å². The molecule has 4 aromatic carbocycles. The SMILES string of the molecule is CC(C)CC(=O)Cl.CC(C)CC(=O)Oc1c2n(ncc1=O)[C@@H](C(c1ccc(F)cc1)c1ccc(F)cc1)[C@H]1CCCN1C2=O.O=C1c2c(O)c(=O)cnn2[C@@H](C(c2ccc(F)cc2)c2ccc(F)cc2)[C@H]2CCCN12. The molecule has 2 fully saturated rings. The van der Waals surface area contributed by atoms with Crippen LogP contribution in [0.3, 0.4) is 0 Å². The highest BCUT2D eigenvalue weighted by Gasteiger charge is 2.50. The molecule has 14 nitrogen and oxygen atoms in total. The number of aromatic nitrogens is 4. The number of ether oxygens (including phenoxy) is 1. The van der Waals surface area contributed by atoms with Gasteiger partial charge < -0.3 is 19.6 Å². The quantitative estimate of drug-likeness (QED) is 0.0748. The molecule has 0 unspecified atom stereocenters. The number of halogens is 5. The summed E-state index contributed by atoms with van der Waals surface area (Å²) in [4.78, 5) is 77.5. The Kier molecular flexibility index (Phi) is 16.5. The molecule has 392 valence electrons. The molecule has 4 atom stereocenters. The van der Waals surface area contributed by atoms with Crippen molar-refractivity contribution in [2.75, 3.05) is 13.1 Å². The van der Waals surface area contributed by atoms with E-state index in [-0.39, 0.29) is 58.4 Å². The normalized spacial score (nSPS) is 18.5. The Bertz CT molecular complexity index is 3100. The molecule has 2 saturated heterocycles. The maximum absolute atomic E-state index is 13.9. The third-order valence-corrected chi connectivity index (χ3v) is 13.9. The van der Waals surface area contributed by atoms with E-state index in [1.807, 2.05) is 27.7 Å². The Morgan fingerprint density at radius 1 is 0.587 bits per heavy atom. The van der Waals surface area contributed by atoms with Crippen molar-refractivity contribution < 1.29 is 46.6 Å². The summed E-state index contributed by atoms with van der Waals surface area (Å²) >= 11 is 5.03. The zero-order valence-corrected chi connectivity index (χ0v) is 42.3. The van der Waals surface area contributed by atoms with Gasteiger partial charge in [-0.05, 0) is 120 Å². The van der Waals surface area contributed by atoms with E-state index in [9.17, 15) is 51.4 Å². The van der Waals surface area contributed by atoms with Crippen LogP contribution in [0.25, 0.3) is 0 Å². The molecular weight excluding hydrogens is 996 g/mol. The van der Waals surface area contributed by atoms with Crippen molar-refractivity contribution in [2.45, 2.75) is 102 Å². The zero-order chi connectivity index (χ0) is 53.8. The Balaban J connectivity index is 0.000000179. The summed E-state index contributed by atoms with van der Waals surface area (Å²) in [5, 5.41) is 18.8. The Labute approximate surface area is 434 Å². The van der Waals surface area contributed by atoms with Crippen LogP contribution in [-0.4, -0.2) is 82.7 Å². The van der Waals surface area contributed by atoms with E-state index in [1.165, 1.54) is 57.9 Å². The number of hydrogen-bond acceptors (Lipinski definition) is 10. The fourth-order valence-corrected chi connectivity index (χ4v) is 11.0. The first-order chi connectivity index (χ1) is 35.8. The Hall–Kier alpha value is -7.47. The summed E-state index contributed by atoms with van der Waals surface area (Å²) in [6.07, 6.45) is 5.53. The molecule has 0 spiro atoms. The number of esters is 1. The second-order valence-electron chi connectivity index (χ2n) is 19.9. The largest absolute Gasteiger partial charge is 0.502 e. The predicted molar refractivity (Wildman–Crippen MR) is 270 cm³/mol. The summed E-state index contributed by atoms with van der Waals surface area (Å²) < 4.78 is 63.4. The van der Waals surface area contributed by atoms with Crippen molar-refractivity contribution in [3.8, 4) is 11.5 Å². The van der Waals surface area contributed by atoms with Gasteiger partial charge in [-0.15, -0.1) is 0 Å². The van der Waals surface area contributed by atoms with Crippen molar-refractivity contribution in [1.82, 2.24) is 29.4 Å². The van der Waals surface area contributed by atoms with Crippen molar-refractivity contribution in [3.63, 3.8) is 0 Å². The average Bonchev–Trinajstić information content (AvgIpc) is 4.07. The van der Waals surface area contributed by atoms with Gasteiger partial charge in [-0.2, -0.15) is 10.2 Å². The third kappa shape index (κ3) is 11.6. The molecule has 75 heavy (non-hydrogen) atoms. The topological polar surface area (TPSA) is 174 Å². The van der Waals surface area contributed by atoms with Crippen molar-refractivity contribution in [3.05, 3.63) is 187 Å². The van der Waals surface area contributed by atoms with Gasteiger partial charge in [0.25, 0.3) is 11.8 Å². The third-order valence-electron chi connectivity index (χ3n) is 13.8. The van der Waals surface area contributed by atoms with E-state index in [4.69, 9.17) is 16.3 Å². The van der Waals surface area contributed by atoms with Gasteiger partial charge in [0.15, 0.2) is 17.1 Å². The van der Waals surface area contributed by atoms with Crippen molar-refractivity contribution >= 4 is 34.6 Å². The molecule has 6 aromatic rings. The highest BCUT2D eigenvalue weighted by Crippen LogP contribution is 2.48. The number of carbonyl (C=O) groups excluding carboxylic acids is 4. The molecule has 0 radical (unpaired) electrons. The average molecular weight is 1050 g/mol. The van der Waals surface area contributed by atoms with Crippen molar-refractivity contribution in [2.24, 2.45) is 11.8 Å². The molecule has 0 bridgehead atoms. The monoisotopic (exact) mass is 1050 g/mol. The van der Waals surface area contributed by atoms with E-state index in [0.29, 0.717) is 38.3 Å². The van der Waals surface area contributed by atoms with Gasteiger partial charge in [0.1, 0.15) is 23.3 Å². The van der Waals surface area contributed by atoms with Gasteiger partial charge in [0, 0.05) is 37.8 Å². The minimum absolute atomic E-state index is 0.000615. The molecule has 2 amide bonds. The standard InChI is InChI=1S/C28H27F2N3O4.C23H19F2N3O3.C5H9ClO/c1-16(2)14-23(35)37-27-22(34)15-31-33-25(21-4-3-13-32(21)28(36)26(27)33)24(17-5-9-19(29)10-6-17)18-7-11-20(30)12-8-18;24-15-7-3-13(4-8-15)19(14-5-9-16(25)10-6-14)20-17-2-1-11-27(17)23(31)21-22(30)18(29)12-26-28(20)21;1-4(2)3-5(6)7/h5-12,15-16,21,24-25H,3-4,13-14H2,1-2H3;3-10,12,17,19-20,30H,1-2,11H2;4H,3H2,1-2H3/t21-,25-;17-,20-;/m11./s1. The second-order valence-corrected chi connectivity index (χ2v) is 20.3. The fraction of sp³-hybridized carbons (Fsp3) is 0.357. The molecule has 4 aliphatic rings. The van der Waals surface area contributed by atoms with Gasteiger partial charge in [0.2, 0.25) is 21.8 Å². The van der Waals surface area contributed by atoms with Crippen LogP contribution in [-0.2, 0) is 9.59 Å². The smallest absolute Gasteiger partial charge is 0.311 e. The lowest BCUT2D eigenvalue weighted by Crippen LogP contribution is -2.51. The van der Waals surface area contributed by atoms with Crippen LogP contribution in [0.1, 0.15) is 133 Å². The maximum Gasteiger partial charge on any atom is 0.311 e. The molecule has 6 heterocycles. The molecule has 0 aliphatic carbocycles. The lowest BCUT2D eigenvalue weighted by Gasteiger charge is -2.42. The van der Waals surface area contributed by atoms with E-state index >= 15 is 0 Å². The highest BCUT2D eigenvalue weighted by atomic mass is 35.5. The lowest BCUT2D eigenvalue weighted by molar-refractivity contribution is -0.135. The number of fused-ring (bicyclic) bond motifs is 4. The van der Waals surface area contributed by atoms with Gasteiger partial charge in [-0.25, -0.2) is 22.2 Å². The number of nitrogens with zero attached hydrogens (tertiary/aromatic N) is 6. The van der Waals surface area contributed by atoms with Crippen LogP contribution in [0.15, 0.2) is 119 Å². The van der Waals surface area contributed by atoms with Crippen LogP contribution in [0.2, 0.25) is 0 Å². The van der Waals surface area contributed by atoms with Crippen molar-refractivity contribution in [1.29, 1.82) is 0 Å². The molecular formula is C56H55ClF4N6O8. The van der Waals surface area contributed by atoms with Crippen LogP contribution in [0, 0.1) is 35.1 Å². The van der Waals surface area contributed by atoms with E-state index in [1.54, 1.807) is 58.3 Å². The summed E-state index contributed by atoms with van der Waals surface area (Å²) in [6, 6.07) is 22.5. The zero-order valence-electron chi connectivity index (χ0n) is 41.5. The number of benzene rings is 4. The summed E-state index contributed by atoms with van der Waals surface area (Å²) in [5.41, 5.74) is 1.37. The van der Waals surface area contributed by atoms with Crippen LogP contribution in [0.4, 0.5) is 17.6 Å². The molecule has 0 saturated carbocycles. The number of hydrogen-bond donors (Lipinski definition) is 1. The van der Waals surface area contributed by atoms with Crippen LogP contribution in [0.5, 0.6) is 11.5 Å². The first kappa shape index (κ1) is 53.8. The first-order valence-electron chi connectivity index (χ1n) is 24.8. The minimum atomic E-state index is -0.726. The van der Waals surface area contributed by atoms with Gasteiger partial charge in [0.05, 0.1) is 36.6 Å². The van der Waals surface area contributed by atoms with Gasteiger partial charge in [-0.3, -0.25) is 33.4 Å². The first-order valence-corrected chi connectivity index (χ1v) is 25.2. The van der Waals surface area contributed by atoms with Gasteiger partial charge in [-0.1, -0.05) is 76.2 Å².